The quantitative estimate of drug-likeness (QED) is 0.202. The summed E-state index contributed by atoms with van der Waals surface area (Å²) in [6.45, 7) is 1.80. The Morgan fingerprint density at radius 3 is 2.86 bits per heavy atom. The minimum absolute atomic E-state index is 0.0575. The second-order valence-corrected chi connectivity index (χ2v) is 7.19. The van der Waals surface area contributed by atoms with Crippen molar-refractivity contribution < 1.29 is 14.1 Å². The number of nitrogens with one attached hydrogen (secondary N) is 1. The molecule has 1 N–H and O–H groups in total. The number of carbonyl (C=O) groups excluding carboxylic acids is 1. The molecule has 1 amide bonds. The fourth-order valence-corrected chi connectivity index (χ4v) is 3.48. The molecule has 1 aromatic carbocycles. The lowest BCUT2D eigenvalue weighted by Crippen LogP contribution is -2.13. The van der Waals surface area contributed by atoms with Crippen LogP contribution in [-0.4, -0.2) is 26.4 Å². The predicted octanol–water partition coefficient (Wildman–Crippen LogP) is 4.28. The summed E-state index contributed by atoms with van der Waals surface area (Å²) in [5.41, 5.74) is 1.11. The summed E-state index contributed by atoms with van der Waals surface area (Å²) in [7, 11) is 0. The molecule has 0 aliphatic heterocycles. The number of nitro groups is 1. The molecule has 0 aliphatic carbocycles. The lowest BCUT2D eigenvalue weighted by Gasteiger charge is -2.02. The van der Waals surface area contributed by atoms with E-state index in [1.807, 2.05) is 12.3 Å². The SMILES string of the molecule is CSc1nsc(NC(=O)/C(C#N)=C\c2ccc(-c3cc([N+](=O)[O-])ccc3C)o2)n1. The molecule has 9 nitrogen and oxygen atoms in total. The molecule has 0 atom stereocenters. The van der Waals surface area contributed by atoms with Crippen LogP contribution in [0, 0.1) is 28.4 Å². The van der Waals surface area contributed by atoms with Crippen molar-refractivity contribution in [3.63, 3.8) is 0 Å². The summed E-state index contributed by atoms with van der Waals surface area (Å²) in [6, 6.07) is 9.49. The summed E-state index contributed by atoms with van der Waals surface area (Å²) in [6.07, 6.45) is 3.11. The number of nitrogens with zero attached hydrogens (tertiary/aromatic N) is 4. The van der Waals surface area contributed by atoms with Crippen molar-refractivity contribution in [3.8, 4) is 17.4 Å². The standard InChI is InChI=1S/C18H13N5O4S2/c1-10-3-4-12(23(25)26)8-14(10)15-6-5-13(27-15)7-11(9-19)16(24)20-17-21-18(28-2)22-29-17/h3-8H,1-2H3,(H,20,21,22,24)/b11-7-. The highest BCUT2D eigenvalue weighted by Crippen LogP contribution is 2.30. The molecule has 0 unspecified atom stereocenters. The molecule has 2 aromatic heterocycles. The molecule has 2 heterocycles. The summed E-state index contributed by atoms with van der Waals surface area (Å²) >= 11 is 2.35. The van der Waals surface area contributed by atoms with Crippen LogP contribution in [0.15, 0.2) is 45.5 Å². The van der Waals surface area contributed by atoms with Gasteiger partial charge in [-0.25, -0.2) is 0 Å². The third kappa shape index (κ3) is 4.68. The van der Waals surface area contributed by atoms with Gasteiger partial charge in [-0.2, -0.15) is 14.6 Å². The van der Waals surface area contributed by atoms with Crippen LogP contribution in [-0.2, 0) is 4.79 Å². The number of carbonyl (C=O) groups is 1. The van der Waals surface area contributed by atoms with Gasteiger partial charge in [0.25, 0.3) is 11.6 Å². The highest BCUT2D eigenvalue weighted by atomic mass is 32.2. The van der Waals surface area contributed by atoms with E-state index in [9.17, 15) is 20.2 Å². The maximum atomic E-state index is 12.3. The first kappa shape index (κ1) is 20.2. The lowest BCUT2D eigenvalue weighted by molar-refractivity contribution is -0.384. The zero-order valence-electron chi connectivity index (χ0n) is 15.2. The Balaban J connectivity index is 1.84. The van der Waals surface area contributed by atoms with Crippen molar-refractivity contribution in [3.05, 3.63) is 57.3 Å². The number of furan rings is 1. The molecule has 146 valence electrons. The van der Waals surface area contributed by atoms with Crippen LogP contribution < -0.4 is 5.32 Å². The number of nitriles is 1. The van der Waals surface area contributed by atoms with Gasteiger partial charge in [0.1, 0.15) is 23.2 Å². The van der Waals surface area contributed by atoms with Crippen molar-refractivity contribution in [1.82, 2.24) is 9.36 Å². The molecule has 0 saturated carbocycles. The molecule has 0 fully saturated rings. The van der Waals surface area contributed by atoms with Crippen LogP contribution in [0.3, 0.4) is 0 Å². The van der Waals surface area contributed by atoms with Crippen molar-refractivity contribution in [2.45, 2.75) is 12.1 Å². The highest BCUT2D eigenvalue weighted by Gasteiger charge is 2.16. The zero-order chi connectivity index (χ0) is 21.0. The average molecular weight is 427 g/mol. The van der Waals surface area contributed by atoms with E-state index in [1.165, 1.54) is 30.0 Å². The van der Waals surface area contributed by atoms with Gasteiger partial charge in [-0.05, 0) is 30.9 Å². The first-order chi connectivity index (χ1) is 13.9. The topological polar surface area (TPSA) is 135 Å². The number of hydrogen-bond donors (Lipinski definition) is 1. The van der Waals surface area contributed by atoms with Crippen LogP contribution in [0.25, 0.3) is 17.4 Å². The van der Waals surface area contributed by atoms with Crippen molar-refractivity contribution in [1.29, 1.82) is 5.26 Å². The van der Waals surface area contributed by atoms with Gasteiger partial charge in [0, 0.05) is 35.3 Å². The average Bonchev–Trinajstić information content (AvgIpc) is 3.35. The van der Waals surface area contributed by atoms with Crippen LogP contribution in [0.1, 0.15) is 11.3 Å². The fourth-order valence-electron chi connectivity index (χ4n) is 2.36. The molecule has 3 aromatic rings. The Morgan fingerprint density at radius 1 is 1.41 bits per heavy atom. The van der Waals surface area contributed by atoms with Crippen molar-refractivity contribution in [2.75, 3.05) is 11.6 Å². The van der Waals surface area contributed by atoms with E-state index >= 15 is 0 Å². The maximum absolute atomic E-state index is 12.3. The molecule has 3 rings (SSSR count). The number of nitro benzene ring substituents is 1. The largest absolute Gasteiger partial charge is 0.457 e. The lowest BCUT2D eigenvalue weighted by atomic mass is 10.1. The fraction of sp³-hybridized carbons (Fsp3) is 0.111. The number of hydrogen-bond acceptors (Lipinski definition) is 9. The van der Waals surface area contributed by atoms with Crippen molar-refractivity contribution >= 4 is 46.1 Å². The Labute approximate surface area is 173 Å². The van der Waals surface area contributed by atoms with Gasteiger partial charge in [0.15, 0.2) is 0 Å². The number of benzene rings is 1. The van der Waals surface area contributed by atoms with Gasteiger partial charge in [0.05, 0.1) is 4.92 Å². The predicted molar refractivity (Wildman–Crippen MR) is 109 cm³/mol. The minimum Gasteiger partial charge on any atom is -0.457 e. The van der Waals surface area contributed by atoms with Gasteiger partial charge in [-0.3, -0.25) is 20.2 Å². The van der Waals surface area contributed by atoms with Gasteiger partial charge < -0.3 is 4.42 Å². The monoisotopic (exact) mass is 427 g/mol. The van der Waals surface area contributed by atoms with Gasteiger partial charge >= 0.3 is 0 Å². The summed E-state index contributed by atoms with van der Waals surface area (Å²) in [5, 5.41) is 23.7. The van der Waals surface area contributed by atoms with Gasteiger partial charge in [-0.15, -0.1) is 0 Å². The molecule has 0 radical (unpaired) electrons. The molecule has 11 heteroatoms. The smallest absolute Gasteiger partial charge is 0.270 e. The van der Waals surface area contributed by atoms with Crippen LogP contribution in [0.4, 0.5) is 10.8 Å². The molecule has 29 heavy (non-hydrogen) atoms. The summed E-state index contributed by atoms with van der Waals surface area (Å²) in [4.78, 5) is 26.9. The third-order valence-electron chi connectivity index (χ3n) is 3.79. The Morgan fingerprint density at radius 2 is 2.21 bits per heavy atom. The first-order valence-electron chi connectivity index (χ1n) is 8.07. The summed E-state index contributed by atoms with van der Waals surface area (Å²) in [5.74, 6) is 0.0179. The van der Waals surface area contributed by atoms with Gasteiger partial charge in [0.2, 0.25) is 10.3 Å². The minimum atomic E-state index is -0.638. The van der Waals surface area contributed by atoms with E-state index in [2.05, 4.69) is 14.7 Å². The van der Waals surface area contributed by atoms with E-state index in [4.69, 9.17) is 4.42 Å². The number of aromatic nitrogens is 2. The number of rotatable bonds is 6. The molecule has 0 bridgehead atoms. The van der Waals surface area contributed by atoms with E-state index in [0.717, 1.165) is 17.1 Å². The molecular formula is C18H13N5O4S2. The second-order valence-electron chi connectivity index (χ2n) is 5.67. The van der Waals surface area contributed by atoms with Crippen LogP contribution in [0.2, 0.25) is 0 Å². The van der Waals surface area contributed by atoms with E-state index in [0.29, 0.717) is 16.5 Å². The number of aryl methyl sites for hydroxylation is 1. The van der Waals surface area contributed by atoms with Crippen LogP contribution in [0.5, 0.6) is 0 Å². The third-order valence-corrected chi connectivity index (χ3v) is 5.08. The second kappa shape index (κ2) is 8.68. The van der Waals surface area contributed by atoms with Crippen molar-refractivity contribution in [2.24, 2.45) is 0 Å². The number of amides is 1. The van der Waals surface area contributed by atoms with Crippen LogP contribution >= 0.6 is 23.3 Å². The summed E-state index contributed by atoms with van der Waals surface area (Å²) < 4.78 is 9.71. The van der Waals surface area contributed by atoms with E-state index < -0.39 is 10.8 Å². The zero-order valence-corrected chi connectivity index (χ0v) is 16.8. The molecule has 0 saturated heterocycles. The normalized spacial score (nSPS) is 11.1. The molecule has 0 spiro atoms. The number of anilines is 1. The first-order valence-corrected chi connectivity index (χ1v) is 10.1. The Hall–Kier alpha value is -3.49. The number of non-ortho nitro benzene ring substituents is 1. The highest BCUT2D eigenvalue weighted by molar-refractivity contribution is 7.98. The van der Waals surface area contributed by atoms with Gasteiger partial charge in [-0.1, -0.05) is 17.8 Å². The van der Waals surface area contributed by atoms with E-state index in [-0.39, 0.29) is 22.2 Å². The maximum Gasteiger partial charge on any atom is 0.270 e. The Kier molecular flexibility index (Phi) is 6.06. The molecular weight excluding hydrogens is 414 g/mol. The number of thioether (sulfide) groups is 1. The Bertz CT molecular complexity index is 1160. The van der Waals surface area contributed by atoms with E-state index in [1.54, 1.807) is 25.1 Å². The molecule has 0 aliphatic rings.